The molecule has 90 valence electrons. The molecule has 0 aromatic heterocycles. The van der Waals surface area contributed by atoms with Crippen molar-refractivity contribution in [2.45, 2.75) is 22.7 Å². The van der Waals surface area contributed by atoms with Crippen LogP contribution >= 0.6 is 0 Å². The van der Waals surface area contributed by atoms with Crippen LogP contribution in [0, 0.1) is 0 Å². The van der Waals surface area contributed by atoms with Crippen molar-refractivity contribution in [1.82, 2.24) is 0 Å². The fourth-order valence-electron chi connectivity index (χ4n) is 1.65. The van der Waals surface area contributed by atoms with Crippen LogP contribution in [-0.4, -0.2) is 26.2 Å². The molecule has 1 aliphatic rings. The highest BCUT2D eigenvalue weighted by Gasteiger charge is 2.53. The molecule has 1 saturated heterocycles. The van der Waals surface area contributed by atoms with E-state index in [9.17, 15) is 13.8 Å². The van der Waals surface area contributed by atoms with Crippen molar-refractivity contribution in [2.75, 3.05) is 0 Å². The molecule has 0 bridgehead atoms. The van der Waals surface area contributed by atoms with Crippen molar-refractivity contribution in [3.8, 4) is 0 Å². The maximum absolute atomic E-state index is 12.2. The number of carboxylic acids is 1. The lowest BCUT2D eigenvalue weighted by molar-refractivity contribution is -0.160. The van der Waals surface area contributed by atoms with Crippen LogP contribution in [0.4, 0.5) is 0 Å². The second-order valence-electron chi connectivity index (χ2n) is 3.61. The predicted molar refractivity (Wildman–Crippen MR) is 58.5 cm³/mol. The zero-order valence-electron chi connectivity index (χ0n) is 8.79. The third kappa shape index (κ3) is 1.95. The van der Waals surface area contributed by atoms with E-state index in [-0.39, 0.29) is 12.8 Å². The van der Waals surface area contributed by atoms with Crippen LogP contribution in [0.5, 0.6) is 0 Å². The summed E-state index contributed by atoms with van der Waals surface area (Å²) in [6.07, 6.45) is -0.0897. The summed E-state index contributed by atoms with van der Waals surface area (Å²) >= 11 is 0. The average molecular weight is 254 g/mol. The third-order valence-electron chi connectivity index (χ3n) is 2.52. The minimum Gasteiger partial charge on any atom is -0.478 e. The van der Waals surface area contributed by atoms with Gasteiger partial charge < -0.3 is 9.84 Å². The van der Waals surface area contributed by atoms with E-state index >= 15 is 0 Å². The number of ether oxygens (including phenoxy) is 1. The molecule has 1 N–H and O–H groups in total. The zero-order chi connectivity index (χ0) is 12.5. The standard InChI is InChI=1S/C11H10O5S/c12-9-6-7-11(16-9,10(13)14)17(15)8-4-2-1-3-5-8/h1-5H,6-7H2,(H,13,14). The van der Waals surface area contributed by atoms with Gasteiger partial charge >= 0.3 is 11.9 Å². The first kappa shape index (κ1) is 11.8. The molecule has 0 saturated carbocycles. The minimum absolute atomic E-state index is 0.0229. The van der Waals surface area contributed by atoms with Gasteiger partial charge in [-0.15, -0.1) is 0 Å². The number of carbonyl (C=O) groups excluding carboxylic acids is 1. The molecule has 2 unspecified atom stereocenters. The molecule has 0 radical (unpaired) electrons. The lowest BCUT2D eigenvalue weighted by Gasteiger charge is -2.21. The molecule has 1 aliphatic heterocycles. The summed E-state index contributed by atoms with van der Waals surface area (Å²) < 4.78 is 17.0. The zero-order valence-corrected chi connectivity index (χ0v) is 9.61. The first-order valence-electron chi connectivity index (χ1n) is 4.98. The van der Waals surface area contributed by atoms with Crippen molar-refractivity contribution in [1.29, 1.82) is 0 Å². The molecular weight excluding hydrogens is 244 g/mol. The molecule has 1 aromatic rings. The molecule has 0 spiro atoms. The van der Waals surface area contributed by atoms with Crippen LogP contribution in [0.15, 0.2) is 35.2 Å². The topological polar surface area (TPSA) is 80.7 Å². The number of esters is 1. The van der Waals surface area contributed by atoms with E-state index in [0.29, 0.717) is 4.90 Å². The Morgan fingerprint density at radius 3 is 2.47 bits per heavy atom. The van der Waals surface area contributed by atoms with Gasteiger partial charge in [0.2, 0.25) is 0 Å². The number of benzene rings is 1. The van der Waals surface area contributed by atoms with Gasteiger partial charge in [-0.2, -0.15) is 0 Å². The first-order chi connectivity index (χ1) is 8.06. The smallest absolute Gasteiger partial charge is 0.362 e. The van der Waals surface area contributed by atoms with Crippen LogP contribution in [0.1, 0.15) is 12.8 Å². The molecule has 1 heterocycles. The van der Waals surface area contributed by atoms with E-state index in [1.54, 1.807) is 30.3 Å². The average Bonchev–Trinajstić information content (AvgIpc) is 2.73. The van der Waals surface area contributed by atoms with Crippen molar-refractivity contribution in [2.24, 2.45) is 0 Å². The monoisotopic (exact) mass is 254 g/mol. The quantitative estimate of drug-likeness (QED) is 0.811. The molecule has 2 rings (SSSR count). The summed E-state index contributed by atoms with van der Waals surface area (Å²) in [5, 5.41) is 9.14. The number of carboxylic acid groups (broad SMARTS) is 1. The van der Waals surface area contributed by atoms with Gasteiger partial charge in [0.05, 0.1) is 6.42 Å². The summed E-state index contributed by atoms with van der Waals surface area (Å²) in [6.45, 7) is 0. The van der Waals surface area contributed by atoms with Gasteiger partial charge in [0, 0.05) is 11.3 Å². The van der Waals surface area contributed by atoms with Gasteiger partial charge in [-0.25, -0.2) is 9.00 Å². The van der Waals surface area contributed by atoms with Crippen LogP contribution in [0.2, 0.25) is 0 Å². The van der Waals surface area contributed by atoms with Gasteiger partial charge in [0.1, 0.15) is 10.8 Å². The highest BCUT2D eigenvalue weighted by molar-refractivity contribution is 7.87. The molecule has 5 nitrogen and oxygen atoms in total. The van der Waals surface area contributed by atoms with Crippen LogP contribution < -0.4 is 0 Å². The molecular formula is C11H10O5S. The fourth-order valence-corrected chi connectivity index (χ4v) is 3.05. The lowest BCUT2D eigenvalue weighted by Crippen LogP contribution is -2.42. The van der Waals surface area contributed by atoms with Gasteiger partial charge in [-0.3, -0.25) is 4.79 Å². The minimum atomic E-state index is -1.93. The van der Waals surface area contributed by atoms with Gasteiger partial charge in [-0.1, -0.05) is 18.2 Å². The molecule has 0 aliphatic carbocycles. The van der Waals surface area contributed by atoms with Crippen molar-refractivity contribution in [3.63, 3.8) is 0 Å². The number of hydrogen-bond acceptors (Lipinski definition) is 4. The van der Waals surface area contributed by atoms with Gasteiger partial charge in [-0.05, 0) is 12.1 Å². The van der Waals surface area contributed by atoms with Crippen molar-refractivity contribution < 1.29 is 23.6 Å². The molecule has 1 aromatic carbocycles. The molecule has 6 heteroatoms. The predicted octanol–water partition coefficient (Wildman–Crippen LogP) is 0.912. The maximum Gasteiger partial charge on any atom is 0.362 e. The Labute approximate surface area is 99.9 Å². The number of cyclic esters (lactones) is 1. The Bertz CT molecular complexity index is 484. The number of carbonyl (C=O) groups is 2. The summed E-state index contributed by atoms with van der Waals surface area (Å²) in [6, 6.07) is 8.13. The highest BCUT2D eigenvalue weighted by atomic mass is 32.2. The number of rotatable bonds is 3. The van der Waals surface area contributed by atoms with Crippen LogP contribution in [-0.2, 0) is 25.1 Å². The van der Waals surface area contributed by atoms with Gasteiger partial charge in [0.25, 0.3) is 4.93 Å². The third-order valence-corrected chi connectivity index (χ3v) is 4.28. The Kier molecular flexibility index (Phi) is 2.97. The summed E-state index contributed by atoms with van der Waals surface area (Å²) in [5.74, 6) is -2.00. The molecule has 17 heavy (non-hydrogen) atoms. The highest BCUT2D eigenvalue weighted by Crippen LogP contribution is 2.34. The van der Waals surface area contributed by atoms with Crippen molar-refractivity contribution >= 4 is 22.7 Å². The van der Waals surface area contributed by atoms with E-state index in [0.717, 1.165) is 0 Å². The van der Waals surface area contributed by atoms with E-state index < -0.39 is 27.7 Å². The van der Waals surface area contributed by atoms with E-state index in [2.05, 4.69) is 0 Å². The van der Waals surface area contributed by atoms with E-state index in [1.807, 2.05) is 0 Å². The molecule has 2 atom stereocenters. The van der Waals surface area contributed by atoms with Crippen molar-refractivity contribution in [3.05, 3.63) is 30.3 Å². The molecule has 0 amide bonds. The maximum atomic E-state index is 12.2. The normalized spacial score (nSPS) is 25.3. The number of aliphatic carboxylic acids is 1. The second kappa shape index (κ2) is 4.29. The largest absolute Gasteiger partial charge is 0.478 e. The summed E-state index contributed by atoms with van der Waals surface area (Å²) in [7, 11) is -1.91. The summed E-state index contributed by atoms with van der Waals surface area (Å²) in [5.41, 5.74) is 0. The second-order valence-corrected chi connectivity index (χ2v) is 5.28. The molecule has 1 fully saturated rings. The Morgan fingerprint density at radius 1 is 1.35 bits per heavy atom. The fraction of sp³-hybridized carbons (Fsp3) is 0.273. The Balaban J connectivity index is 2.39. The van der Waals surface area contributed by atoms with Crippen LogP contribution in [0.25, 0.3) is 0 Å². The lowest BCUT2D eigenvalue weighted by atomic mass is 10.2. The van der Waals surface area contributed by atoms with Gasteiger partial charge in [0.15, 0.2) is 0 Å². The van der Waals surface area contributed by atoms with E-state index in [1.165, 1.54) is 0 Å². The first-order valence-corrected chi connectivity index (χ1v) is 6.13. The summed E-state index contributed by atoms with van der Waals surface area (Å²) in [4.78, 5) is 20.7. The van der Waals surface area contributed by atoms with E-state index in [4.69, 9.17) is 9.84 Å². The Morgan fingerprint density at radius 2 is 2.00 bits per heavy atom. The van der Waals surface area contributed by atoms with Crippen LogP contribution in [0.3, 0.4) is 0 Å². The SMILES string of the molecule is O=C1CCC(C(=O)O)(S(=O)c2ccccc2)O1. The Hall–Kier alpha value is -1.69. The number of hydrogen-bond donors (Lipinski definition) is 1.